The molecule has 1 saturated heterocycles. The Morgan fingerprint density at radius 1 is 1.53 bits per heavy atom. The van der Waals surface area contributed by atoms with Gasteiger partial charge in [0.1, 0.15) is 0 Å². The van der Waals surface area contributed by atoms with Crippen molar-refractivity contribution in [3.05, 3.63) is 22.4 Å². The molecule has 1 aliphatic heterocycles. The molecule has 17 heavy (non-hydrogen) atoms. The summed E-state index contributed by atoms with van der Waals surface area (Å²) in [5.74, 6) is 0.640. The van der Waals surface area contributed by atoms with Crippen LogP contribution in [0, 0.1) is 5.92 Å². The van der Waals surface area contributed by atoms with E-state index in [9.17, 15) is 0 Å². The second kappa shape index (κ2) is 6.53. The van der Waals surface area contributed by atoms with E-state index in [0.29, 0.717) is 18.1 Å². The molecule has 1 aromatic heterocycles. The van der Waals surface area contributed by atoms with Gasteiger partial charge in [0.25, 0.3) is 0 Å². The molecule has 3 atom stereocenters. The minimum absolute atomic E-state index is 0.434. The first-order chi connectivity index (χ1) is 8.36. The lowest BCUT2D eigenvalue weighted by Gasteiger charge is -2.27. The Hall–Kier alpha value is -0.380. The van der Waals surface area contributed by atoms with Crippen LogP contribution in [0.3, 0.4) is 0 Å². The summed E-state index contributed by atoms with van der Waals surface area (Å²) in [4.78, 5) is 0. The van der Waals surface area contributed by atoms with Gasteiger partial charge in [-0.05, 0) is 48.2 Å². The van der Waals surface area contributed by atoms with Crippen LogP contribution in [0.2, 0.25) is 0 Å². The van der Waals surface area contributed by atoms with Crippen LogP contribution in [0.4, 0.5) is 0 Å². The smallest absolute Gasteiger partial charge is 0.0619 e. The van der Waals surface area contributed by atoms with E-state index in [1.165, 1.54) is 18.4 Å². The Bertz CT molecular complexity index is 312. The van der Waals surface area contributed by atoms with Gasteiger partial charge in [-0.15, -0.1) is 0 Å². The minimum atomic E-state index is 0.434. The van der Waals surface area contributed by atoms with Gasteiger partial charge in [-0.2, -0.15) is 11.3 Å². The van der Waals surface area contributed by atoms with Gasteiger partial charge in [0, 0.05) is 18.6 Å². The van der Waals surface area contributed by atoms with Gasteiger partial charge in [-0.25, -0.2) is 0 Å². The molecular weight excluding hydrogens is 230 g/mol. The summed E-state index contributed by atoms with van der Waals surface area (Å²) in [6.07, 6.45) is 3.93. The highest BCUT2D eigenvalue weighted by Gasteiger charge is 2.34. The molecule has 1 aromatic rings. The third kappa shape index (κ3) is 3.09. The highest BCUT2D eigenvalue weighted by Crippen LogP contribution is 2.35. The summed E-state index contributed by atoms with van der Waals surface area (Å²) in [7, 11) is 0. The first-order valence-electron chi connectivity index (χ1n) is 6.73. The van der Waals surface area contributed by atoms with Gasteiger partial charge in [0.05, 0.1) is 6.10 Å². The molecule has 0 bridgehead atoms. The fraction of sp³-hybridized carbons (Fsp3) is 0.714. The molecule has 1 N–H and O–H groups in total. The predicted octanol–water partition coefficient (Wildman–Crippen LogP) is 3.60. The van der Waals surface area contributed by atoms with Crippen molar-refractivity contribution in [3.8, 4) is 0 Å². The van der Waals surface area contributed by atoms with E-state index >= 15 is 0 Å². The molecule has 96 valence electrons. The van der Waals surface area contributed by atoms with Crippen LogP contribution >= 0.6 is 11.3 Å². The number of hydrogen-bond acceptors (Lipinski definition) is 3. The molecule has 2 heterocycles. The van der Waals surface area contributed by atoms with Crippen molar-refractivity contribution in [2.75, 3.05) is 13.2 Å². The molecule has 3 heteroatoms. The van der Waals surface area contributed by atoms with Crippen molar-refractivity contribution >= 4 is 11.3 Å². The summed E-state index contributed by atoms with van der Waals surface area (Å²) in [6.45, 7) is 6.47. The van der Waals surface area contributed by atoms with Crippen molar-refractivity contribution < 1.29 is 4.74 Å². The van der Waals surface area contributed by atoms with E-state index in [-0.39, 0.29) is 0 Å². The largest absolute Gasteiger partial charge is 0.378 e. The maximum absolute atomic E-state index is 5.84. The average Bonchev–Trinajstić information content (AvgIpc) is 3.00. The zero-order valence-corrected chi connectivity index (χ0v) is 11.6. The zero-order valence-electron chi connectivity index (χ0n) is 10.8. The molecule has 3 unspecified atom stereocenters. The van der Waals surface area contributed by atoms with E-state index in [1.54, 1.807) is 11.3 Å². The summed E-state index contributed by atoms with van der Waals surface area (Å²) in [5, 5.41) is 8.15. The van der Waals surface area contributed by atoms with Crippen molar-refractivity contribution in [1.29, 1.82) is 0 Å². The Balaban J connectivity index is 2.09. The Morgan fingerprint density at radius 3 is 3.06 bits per heavy atom. The number of ether oxygens (including phenoxy) is 1. The molecule has 2 rings (SSSR count). The van der Waals surface area contributed by atoms with Crippen LogP contribution in [-0.2, 0) is 4.74 Å². The van der Waals surface area contributed by atoms with Gasteiger partial charge >= 0.3 is 0 Å². The lowest BCUT2D eigenvalue weighted by Crippen LogP contribution is -2.33. The quantitative estimate of drug-likeness (QED) is 0.836. The van der Waals surface area contributed by atoms with Gasteiger partial charge in [-0.1, -0.05) is 13.8 Å². The number of thiophene rings is 1. The molecule has 0 radical (unpaired) electrons. The van der Waals surface area contributed by atoms with Crippen molar-refractivity contribution in [2.24, 2.45) is 5.92 Å². The summed E-state index contributed by atoms with van der Waals surface area (Å²) in [6, 6.07) is 2.73. The molecule has 0 amide bonds. The van der Waals surface area contributed by atoms with Crippen molar-refractivity contribution in [3.63, 3.8) is 0 Å². The van der Waals surface area contributed by atoms with E-state index in [0.717, 1.165) is 19.6 Å². The molecule has 0 aliphatic carbocycles. The maximum atomic E-state index is 5.84. The minimum Gasteiger partial charge on any atom is -0.378 e. The fourth-order valence-corrected chi connectivity index (χ4v) is 3.43. The molecule has 1 fully saturated rings. The third-order valence-electron chi connectivity index (χ3n) is 3.61. The highest BCUT2D eigenvalue weighted by molar-refractivity contribution is 7.07. The lowest BCUT2D eigenvalue weighted by molar-refractivity contribution is 0.0774. The number of nitrogens with one attached hydrogen (secondary N) is 1. The number of rotatable bonds is 6. The highest BCUT2D eigenvalue weighted by atomic mass is 32.1. The summed E-state index contributed by atoms with van der Waals surface area (Å²) < 4.78 is 5.84. The molecule has 0 saturated carbocycles. The summed E-state index contributed by atoms with van der Waals surface area (Å²) >= 11 is 1.79. The van der Waals surface area contributed by atoms with Gasteiger partial charge in [0.15, 0.2) is 0 Å². The SMILES string of the molecule is CCCNC(c1ccsc1)C1CCOC1CC. The van der Waals surface area contributed by atoms with Crippen molar-refractivity contribution in [1.82, 2.24) is 5.32 Å². The molecule has 2 nitrogen and oxygen atoms in total. The molecule has 1 aliphatic rings. The maximum Gasteiger partial charge on any atom is 0.0619 e. The molecule has 0 aromatic carbocycles. The topological polar surface area (TPSA) is 21.3 Å². The van der Waals surface area contributed by atoms with Crippen molar-refractivity contribution in [2.45, 2.75) is 45.3 Å². The van der Waals surface area contributed by atoms with Crippen LogP contribution in [0.5, 0.6) is 0 Å². The Labute approximate surface area is 108 Å². The Kier molecular flexibility index (Phi) is 5.01. The van der Waals surface area contributed by atoms with Crippen LogP contribution in [0.25, 0.3) is 0 Å². The van der Waals surface area contributed by atoms with E-state index < -0.39 is 0 Å². The van der Waals surface area contributed by atoms with Crippen LogP contribution in [-0.4, -0.2) is 19.3 Å². The standard InChI is InChI=1S/C14H23NOS/c1-3-7-15-14(11-6-9-17-10-11)12-5-8-16-13(12)4-2/h6,9-10,12-15H,3-5,7-8H2,1-2H3. The number of hydrogen-bond donors (Lipinski definition) is 1. The van der Waals surface area contributed by atoms with Crippen LogP contribution < -0.4 is 5.32 Å². The van der Waals surface area contributed by atoms with E-state index in [2.05, 4.69) is 36.0 Å². The second-order valence-corrected chi connectivity index (χ2v) is 5.54. The second-order valence-electron chi connectivity index (χ2n) is 4.76. The first kappa shape index (κ1) is 13.1. The Morgan fingerprint density at radius 2 is 2.41 bits per heavy atom. The molecular formula is C14H23NOS. The fourth-order valence-electron chi connectivity index (χ4n) is 2.74. The zero-order chi connectivity index (χ0) is 12.1. The average molecular weight is 253 g/mol. The van der Waals surface area contributed by atoms with Gasteiger partial charge < -0.3 is 10.1 Å². The van der Waals surface area contributed by atoms with Crippen LogP contribution in [0.15, 0.2) is 16.8 Å². The normalized spacial score (nSPS) is 26.2. The van der Waals surface area contributed by atoms with E-state index in [4.69, 9.17) is 4.74 Å². The first-order valence-corrected chi connectivity index (χ1v) is 7.68. The molecule has 0 spiro atoms. The summed E-state index contributed by atoms with van der Waals surface area (Å²) in [5.41, 5.74) is 1.44. The van der Waals surface area contributed by atoms with Gasteiger partial charge in [-0.3, -0.25) is 0 Å². The lowest BCUT2D eigenvalue weighted by atomic mass is 9.88. The van der Waals surface area contributed by atoms with E-state index in [1.807, 2.05) is 0 Å². The predicted molar refractivity (Wildman–Crippen MR) is 73.5 cm³/mol. The van der Waals surface area contributed by atoms with Gasteiger partial charge in [0.2, 0.25) is 0 Å². The monoisotopic (exact) mass is 253 g/mol. The third-order valence-corrected chi connectivity index (χ3v) is 4.31. The van der Waals surface area contributed by atoms with Crippen LogP contribution in [0.1, 0.15) is 44.7 Å².